The van der Waals surface area contributed by atoms with Gasteiger partial charge >= 0.3 is 0 Å². The Bertz CT molecular complexity index is 789. The van der Waals surface area contributed by atoms with E-state index >= 15 is 0 Å². The van der Waals surface area contributed by atoms with E-state index in [0.29, 0.717) is 12.4 Å². The Morgan fingerprint density at radius 1 is 1.26 bits per heavy atom. The summed E-state index contributed by atoms with van der Waals surface area (Å²) >= 11 is 0. The number of hydrogen-bond donors (Lipinski definition) is 0. The zero-order valence-corrected chi connectivity index (χ0v) is 16.6. The zero-order chi connectivity index (χ0) is 19.4. The molecule has 1 atom stereocenters. The van der Waals surface area contributed by atoms with Crippen LogP contribution < -0.4 is 9.64 Å². The molecule has 0 spiro atoms. The number of carbonyl (C=O) groups excluding carboxylic acids is 1. The second-order valence-electron chi connectivity index (χ2n) is 7.04. The molecule has 0 N–H and O–H groups in total. The van der Waals surface area contributed by atoms with E-state index in [1.807, 2.05) is 61.3 Å². The summed E-state index contributed by atoms with van der Waals surface area (Å²) in [7, 11) is 5.52. The van der Waals surface area contributed by atoms with Crippen LogP contribution in [0.25, 0.3) is 11.1 Å². The number of carbonyl (C=O) groups is 1. The third-order valence-corrected chi connectivity index (χ3v) is 5.05. The smallest absolute Gasteiger partial charge is 0.225 e. The highest BCUT2D eigenvalue weighted by molar-refractivity contribution is 5.77. The van der Waals surface area contributed by atoms with Gasteiger partial charge in [0.1, 0.15) is 5.75 Å². The summed E-state index contributed by atoms with van der Waals surface area (Å²) in [4.78, 5) is 25.8. The van der Waals surface area contributed by atoms with Gasteiger partial charge in [-0.2, -0.15) is 0 Å². The van der Waals surface area contributed by atoms with Crippen LogP contribution in [-0.4, -0.2) is 48.5 Å². The molecule has 1 amide bonds. The lowest BCUT2D eigenvalue weighted by Gasteiger charge is -2.36. The normalized spacial score (nSPS) is 16.9. The first-order valence-corrected chi connectivity index (χ1v) is 9.53. The van der Waals surface area contributed by atoms with Crippen molar-refractivity contribution in [2.24, 2.45) is 0 Å². The summed E-state index contributed by atoms with van der Waals surface area (Å²) in [5, 5.41) is 0. The average molecular weight is 368 g/mol. The first-order chi connectivity index (χ1) is 13.0. The van der Waals surface area contributed by atoms with Crippen molar-refractivity contribution < 1.29 is 9.53 Å². The molecule has 27 heavy (non-hydrogen) atoms. The first-order valence-electron chi connectivity index (χ1n) is 9.53. The van der Waals surface area contributed by atoms with Gasteiger partial charge in [-0.1, -0.05) is 19.1 Å². The van der Waals surface area contributed by atoms with Gasteiger partial charge < -0.3 is 14.5 Å². The van der Waals surface area contributed by atoms with Crippen molar-refractivity contribution in [2.45, 2.75) is 38.6 Å². The molecule has 0 saturated carbocycles. The Morgan fingerprint density at radius 2 is 2.00 bits per heavy atom. The maximum Gasteiger partial charge on any atom is 0.225 e. The number of nitrogens with zero attached hydrogens (tertiary/aromatic N) is 4. The number of methoxy groups -OCH3 is 1. The van der Waals surface area contributed by atoms with Gasteiger partial charge in [-0.25, -0.2) is 9.97 Å². The second kappa shape index (κ2) is 8.37. The topological polar surface area (TPSA) is 58.6 Å². The summed E-state index contributed by atoms with van der Waals surface area (Å²) in [5.74, 6) is 1.66. The summed E-state index contributed by atoms with van der Waals surface area (Å²) < 4.78 is 5.27. The molecular formula is C21H28N4O2. The molecule has 2 aromatic rings. The maximum atomic E-state index is 12.6. The van der Waals surface area contributed by atoms with Crippen LogP contribution in [0.2, 0.25) is 0 Å². The maximum absolute atomic E-state index is 12.6. The van der Waals surface area contributed by atoms with E-state index < -0.39 is 0 Å². The van der Waals surface area contributed by atoms with Crippen molar-refractivity contribution in [3.63, 3.8) is 0 Å². The number of ether oxygens (including phenoxy) is 1. The summed E-state index contributed by atoms with van der Waals surface area (Å²) in [6.07, 6.45) is 5.47. The lowest BCUT2D eigenvalue weighted by molar-refractivity contribution is -0.134. The Kier molecular flexibility index (Phi) is 5.94. The third kappa shape index (κ3) is 4.04. The third-order valence-electron chi connectivity index (χ3n) is 5.05. The number of hydrogen-bond acceptors (Lipinski definition) is 5. The number of rotatable bonds is 5. The second-order valence-corrected chi connectivity index (χ2v) is 7.04. The van der Waals surface area contributed by atoms with Crippen LogP contribution in [0.3, 0.4) is 0 Å². The Hall–Kier alpha value is -2.63. The minimum atomic E-state index is -0.00926. The fourth-order valence-corrected chi connectivity index (χ4v) is 3.57. The molecule has 0 unspecified atom stereocenters. The van der Waals surface area contributed by atoms with Gasteiger partial charge in [0.25, 0.3) is 0 Å². The predicted molar refractivity (Wildman–Crippen MR) is 107 cm³/mol. The van der Waals surface area contributed by atoms with Crippen molar-refractivity contribution in [1.29, 1.82) is 0 Å². The zero-order valence-electron chi connectivity index (χ0n) is 16.6. The van der Waals surface area contributed by atoms with Gasteiger partial charge in [0, 0.05) is 38.8 Å². The highest BCUT2D eigenvalue weighted by atomic mass is 16.5. The number of aromatic nitrogens is 2. The molecule has 144 valence electrons. The van der Waals surface area contributed by atoms with Crippen molar-refractivity contribution in [3.8, 4) is 16.9 Å². The lowest BCUT2D eigenvalue weighted by atomic mass is 9.93. The molecule has 1 aliphatic heterocycles. The van der Waals surface area contributed by atoms with Crippen LogP contribution in [0.15, 0.2) is 30.5 Å². The highest BCUT2D eigenvalue weighted by Gasteiger charge is 2.30. The number of likely N-dealkylation sites (tertiary alicyclic amines) is 1. The molecule has 0 aliphatic carbocycles. The van der Waals surface area contributed by atoms with Crippen molar-refractivity contribution in [2.75, 3.05) is 32.6 Å². The van der Waals surface area contributed by atoms with Crippen LogP contribution in [0, 0.1) is 0 Å². The summed E-state index contributed by atoms with van der Waals surface area (Å²) in [6.45, 7) is 2.71. The van der Waals surface area contributed by atoms with Crippen LogP contribution in [0.5, 0.6) is 5.75 Å². The molecular weight excluding hydrogens is 340 g/mol. The SMILES string of the molecule is CCC(=O)N1CCCC[C@H]1c1nc(N(C)C)ncc1-c1ccc(OC)cc1. The number of benzene rings is 1. The quantitative estimate of drug-likeness (QED) is 0.806. The number of anilines is 1. The standard InChI is InChI=1S/C21H28N4O2/c1-5-19(26)25-13-7-6-8-18(25)20-17(14-22-21(23-20)24(2)3)15-9-11-16(27-4)12-10-15/h9-12,14,18H,5-8,13H2,1-4H3/t18-/m0/s1. The van der Waals surface area contributed by atoms with E-state index in [1.165, 1.54) is 0 Å². The monoisotopic (exact) mass is 368 g/mol. The molecule has 2 heterocycles. The van der Waals surface area contributed by atoms with E-state index in [2.05, 4.69) is 4.98 Å². The number of amides is 1. The largest absolute Gasteiger partial charge is 0.497 e. The molecule has 6 heteroatoms. The fraction of sp³-hybridized carbons (Fsp3) is 0.476. The van der Waals surface area contributed by atoms with Gasteiger partial charge in [-0.05, 0) is 37.0 Å². The minimum absolute atomic E-state index is 0.00926. The lowest BCUT2D eigenvalue weighted by Crippen LogP contribution is -2.38. The van der Waals surface area contributed by atoms with E-state index in [9.17, 15) is 4.79 Å². The van der Waals surface area contributed by atoms with Crippen molar-refractivity contribution in [1.82, 2.24) is 14.9 Å². The van der Waals surface area contributed by atoms with Gasteiger partial charge in [-0.3, -0.25) is 4.79 Å². The summed E-state index contributed by atoms with van der Waals surface area (Å²) in [5.41, 5.74) is 2.94. The van der Waals surface area contributed by atoms with Gasteiger partial charge in [0.15, 0.2) is 0 Å². The van der Waals surface area contributed by atoms with E-state index in [0.717, 1.165) is 48.4 Å². The molecule has 3 rings (SSSR count). The average Bonchev–Trinajstić information content (AvgIpc) is 2.72. The molecule has 0 bridgehead atoms. The predicted octanol–water partition coefficient (Wildman–Crippen LogP) is 3.68. The highest BCUT2D eigenvalue weighted by Crippen LogP contribution is 2.37. The molecule has 1 aromatic heterocycles. The Morgan fingerprint density at radius 3 is 2.63 bits per heavy atom. The minimum Gasteiger partial charge on any atom is -0.497 e. The molecule has 1 aromatic carbocycles. The Labute approximate surface area is 161 Å². The van der Waals surface area contributed by atoms with Crippen LogP contribution in [0.4, 0.5) is 5.95 Å². The van der Waals surface area contributed by atoms with E-state index in [4.69, 9.17) is 9.72 Å². The van der Waals surface area contributed by atoms with Crippen LogP contribution in [-0.2, 0) is 4.79 Å². The van der Waals surface area contributed by atoms with Gasteiger partial charge in [0.2, 0.25) is 11.9 Å². The molecule has 1 saturated heterocycles. The molecule has 1 fully saturated rings. The Balaban J connectivity index is 2.09. The fourth-order valence-electron chi connectivity index (χ4n) is 3.57. The van der Waals surface area contributed by atoms with Crippen LogP contribution >= 0.6 is 0 Å². The van der Waals surface area contributed by atoms with Crippen molar-refractivity contribution in [3.05, 3.63) is 36.2 Å². The van der Waals surface area contributed by atoms with Gasteiger partial charge in [0.05, 0.1) is 18.8 Å². The molecule has 0 radical (unpaired) electrons. The molecule has 1 aliphatic rings. The van der Waals surface area contributed by atoms with Gasteiger partial charge in [-0.15, -0.1) is 0 Å². The molecule has 6 nitrogen and oxygen atoms in total. The number of piperidine rings is 1. The summed E-state index contributed by atoms with van der Waals surface area (Å²) in [6, 6.07) is 7.91. The van der Waals surface area contributed by atoms with Crippen molar-refractivity contribution >= 4 is 11.9 Å². The first kappa shape index (κ1) is 19.1. The van der Waals surface area contributed by atoms with Crippen LogP contribution in [0.1, 0.15) is 44.3 Å². The van der Waals surface area contributed by atoms with E-state index in [-0.39, 0.29) is 11.9 Å². The van der Waals surface area contributed by atoms with E-state index in [1.54, 1.807) is 7.11 Å².